The molecule has 1 aromatic heterocycles. The molecule has 0 fully saturated rings. The summed E-state index contributed by atoms with van der Waals surface area (Å²) in [6.07, 6.45) is 2.90. The van der Waals surface area contributed by atoms with Crippen molar-refractivity contribution in [2.75, 3.05) is 17.9 Å². The molecule has 5 rings (SSSR count). The Morgan fingerprint density at radius 3 is 2.87 bits per heavy atom. The van der Waals surface area contributed by atoms with Crippen LogP contribution in [0.2, 0.25) is 0 Å². The number of nitrogens with one attached hydrogen (secondary N) is 2. The lowest BCUT2D eigenvalue weighted by Gasteiger charge is -2.38. The summed E-state index contributed by atoms with van der Waals surface area (Å²) in [7, 11) is 0. The summed E-state index contributed by atoms with van der Waals surface area (Å²) in [4.78, 5) is 34.0. The summed E-state index contributed by atoms with van der Waals surface area (Å²) in [5, 5.41) is 3.85. The van der Waals surface area contributed by atoms with Crippen LogP contribution in [0.3, 0.4) is 0 Å². The van der Waals surface area contributed by atoms with E-state index in [9.17, 15) is 9.59 Å². The molecule has 3 heterocycles. The molecule has 0 bridgehead atoms. The molecule has 31 heavy (non-hydrogen) atoms. The van der Waals surface area contributed by atoms with Gasteiger partial charge in [-0.05, 0) is 29.5 Å². The van der Waals surface area contributed by atoms with Gasteiger partial charge in [-0.15, -0.1) is 6.58 Å². The van der Waals surface area contributed by atoms with Crippen LogP contribution in [0.25, 0.3) is 0 Å². The molecule has 1 aromatic carbocycles. The Balaban J connectivity index is 1.70. The van der Waals surface area contributed by atoms with Gasteiger partial charge in [-0.3, -0.25) is 9.59 Å². The van der Waals surface area contributed by atoms with Gasteiger partial charge in [0.05, 0.1) is 5.56 Å². The quantitative estimate of drug-likeness (QED) is 0.425. The topological polar surface area (TPSA) is 93.3 Å². The van der Waals surface area contributed by atoms with Crippen LogP contribution in [0.1, 0.15) is 43.7 Å². The number of fused-ring (bicyclic) bond motifs is 2. The maximum absolute atomic E-state index is 13.3. The van der Waals surface area contributed by atoms with Crippen LogP contribution in [0, 0.1) is 5.41 Å². The summed E-state index contributed by atoms with van der Waals surface area (Å²) in [6.45, 7) is 8.05. The number of rotatable bonds is 4. The number of ether oxygens (including phenoxy) is 2. The number of anilines is 1. The van der Waals surface area contributed by atoms with Gasteiger partial charge in [0.2, 0.25) is 6.79 Å². The number of H-pyrrole nitrogens is 1. The van der Waals surface area contributed by atoms with Gasteiger partial charge in [-0.25, -0.2) is 4.98 Å². The third-order valence-electron chi connectivity index (χ3n) is 5.77. The Labute approximate surface area is 183 Å². The fourth-order valence-corrected chi connectivity index (χ4v) is 5.12. The second-order valence-corrected chi connectivity index (χ2v) is 9.75. The highest BCUT2D eigenvalue weighted by Gasteiger charge is 2.42. The van der Waals surface area contributed by atoms with E-state index in [0.29, 0.717) is 52.2 Å². The molecule has 0 amide bonds. The minimum absolute atomic E-state index is 0.0524. The van der Waals surface area contributed by atoms with Crippen LogP contribution in [0.15, 0.2) is 52.1 Å². The number of ketones is 1. The van der Waals surface area contributed by atoms with Gasteiger partial charge in [-0.1, -0.05) is 37.8 Å². The van der Waals surface area contributed by atoms with Gasteiger partial charge in [0.25, 0.3) is 5.56 Å². The molecule has 2 N–H and O–H groups in total. The summed E-state index contributed by atoms with van der Waals surface area (Å²) in [5.41, 5.74) is 2.33. The molecule has 0 spiro atoms. The van der Waals surface area contributed by atoms with E-state index in [2.05, 4.69) is 35.7 Å². The Kier molecular flexibility index (Phi) is 4.69. The molecule has 1 aliphatic carbocycles. The van der Waals surface area contributed by atoms with Crippen molar-refractivity contribution in [1.82, 2.24) is 9.97 Å². The number of hydrogen-bond donors (Lipinski definition) is 2. The largest absolute Gasteiger partial charge is 0.454 e. The highest BCUT2D eigenvalue weighted by atomic mass is 32.2. The first-order valence-corrected chi connectivity index (χ1v) is 11.2. The van der Waals surface area contributed by atoms with Gasteiger partial charge in [-0.2, -0.15) is 0 Å². The Morgan fingerprint density at radius 1 is 1.26 bits per heavy atom. The molecule has 160 valence electrons. The number of aromatic nitrogens is 2. The number of nitrogens with zero attached hydrogens (tertiary/aromatic N) is 1. The second-order valence-electron chi connectivity index (χ2n) is 8.74. The minimum Gasteiger partial charge on any atom is -0.454 e. The van der Waals surface area contributed by atoms with E-state index in [0.717, 1.165) is 11.3 Å². The highest BCUT2D eigenvalue weighted by molar-refractivity contribution is 7.99. The average molecular weight is 438 g/mol. The molecule has 0 saturated heterocycles. The number of benzene rings is 1. The molecule has 0 unspecified atom stereocenters. The molecule has 1 atom stereocenters. The smallest absolute Gasteiger partial charge is 0.257 e. The summed E-state index contributed by atoms with van der Waals surface area (Å²) >= 11 is 1.41. The molecular formula is C23H23N3O4S. The van der Waals surface area contributed by atoms with E-state index < -0.39 is 5.92 Å². The molecule has 8 heteroatoms. The molecule has 7 nitrogen and oxygen atoms in total. The molecule has 3 aliphatic rings. The van der Waals surface area contributed by atoms with E-state index in [4.69, 9.17) is 9.47 Å². The van der Waals surface area contributed by atoms with Crippen molar-refractivity contribution in [3.63, 3.8) is 0 Å². The summed E-state index contributed by atoms with van der Waals surface area (Å²) in [5.74, 6) is 1.95. The van der Waals surface area contributed by atoms with Crippen LogP contribution in [-0.4, -0.2) is 28.3 Å². The lowest BCUT2D eigenvalue weighted by Crippen LogP contribution is -2.37. The highest BCUT2D eigenvalue weighted by Crippen LogP contribution is 2.49. The van der Waals surface area contributed by atoms with Crippen molar-refractivity contribution >= 4 is 23.4 Å². The Hall–Kier alpha value is -3.00. The molecular weight excluding hydrogens is 414 g/mol. The Bertz CT molecular complexity index is 1200. The predicted octanol–water partition coefficient (Wildman–Crippen LogP) is 3.98. The van der Waals surface area contributed by atoms with Gasteiger partial charge in [0, 0.05) is 29.4 Å². The fraction of sp³-hybridized carbons (Fsp3) is 0.348. The standard InChI is InChI=1S/C23H23N3O4S/c1-4-7-31-22-25-20-19(21(28)26-22)17(12-5-6-15-16(8-12)30-11-29-15)18-13(24-20)9-23(2,3)10-14(18)27/h4-6,8,17H,1,7,9-11H2,2-3H3,(H2,24,25,26,28)/t17-/m0/s1. The Morgan fingerprint density at radius 2 is 2.06 bits per heavy atom. The first-order valence-electron chi connectivity index (χ1n) is 10.2. The van der Waals surface area contributed by atoms with Crippen molar-refractivity contribution in [2.45, 2.75) is 37.8 Å². The number of allylic oxidation sites excluding steroid dienone is 2. The molecule has 0 saturated carbocycles. The van der Waals surface area contributed by atoms with Gasteiger partial charge in [0.15, 0.2) is 22.4 Å². The van der Waals surface area contributed by atoms with E-state index in [1.807, 2.05) is 18.2 Å². The van der Waals surface area contributed by atoms with Gasteiger partial charge in [0.1, 0.15) is 5.82 Å². The first kappa shape index (κ1) is 19.9. The SMILES string of the molecule is C=CCSc1nc2c(c(=O)[nH]1)[C@@H](c1ccc3c(c1)OCO3)C1=C(CC(C)(C)CC1=O)N2. The van der Waals surface area contributed by atoms with Crippen molar-refractivity contribution in [3.8, 4) is 11.5 Å². The fourth-order valence-electron chi connectivity index (χ4n) is 4.53. The van der Waals surface area contributed by atoms with Gasteiger partial charge >= 0.3 is 0 Å². The zero-order valence-corrected chi connectivity index (χ0v) is 18.2. The molecule has 2 aliphatic heterocycles. The number of aromatic amines is 1. The first-order chi connectivity index (χ1) is 14.9. The minimum atomic E-state index is -0.515. The van der Waals surface area contributed by atoms with Crippen LogP contribution < -0.4 is 20.3 Å². The molecule has 0 radical (unpaired) electrons. The van der Waals surface area contributed by atoms with E-state index >= 15 is 0 Å². The summed E-state index contributed by atoms with van der Waals surface area (Å²) < 4.78 is 11.0. The summed E-state index contributed by atoms with van der Waals surface area (Å²) in [6, 6.07) is 5.58. The molecule has 2 aromatic rings. The number of Topliss-reactive ketones (excluding diaryl/α,β-unsaturated/α-hetero) is 1. The van der Waals surface area contributed by atoms with Crippen LogP contribution in [-0.2, 0) is 4.79 Å². The van der Waals surface area contributed by atoms with E-state index in [-0.39, 0.29) is 23.6 Å². The zero-order valence-electron chi connectivity index (χ0n) is 17.4. The second kappa shape index (κ2) is 7.30. The lowest BCUT2D eigenvalue weighted by atomic mass is 9.69. The van der Waals surface area contributed by atoms with E-state index in [1.165, 1.54) is 11.8 Å². The zero-order chi connectivity index (χ0) is 21.8. The maximum Gasteiger partial charge on any atom is 0.257 e. The number of thioether (sulfide) groups is 1. The van der Waals surface area contributed by atoms with Crippen LogP contribution >= 0.6 is 11.8 Å². The normalized spacial score (nSPS) is 20.7. The van der Waals surface area contributed by atoms with Crippen molar-refractivity contribution in [2.24, 2.45) is 5.41 Å². The lowest BCUT2D eigenvalue weighted by molar-refractivity contribution is -0.118. The third kappa shape index (κ3) is 3.44. The van der Waals surface area contributed by atoms with Gasteiger partial charge < -0.3 is 19.8 Å². The van der Waals surface area contributed by atoms with Crippen LogP contribution in [0.4, 0.5) is 5.82 Å². The van der Waals surface area contributed by atoms with Crippen molar-refractivity contribution < 1.29 is 14.3 Å². The van der Waals surface area contributed by atoms with Crippen molar-refractivity contribution in [1.29, 1.82) is 0 Å². The monoisotopic (exact) mass is 437 g/mol. The third-order valence-corrected chi connectivity index (χ3v) is 6.64. The number of carbonyl (C=O) groups excluding carboxylic acids is 1. The van der Waals surface area contributed by atoms with Crippen molar-refractivity contribution in [3.05, 3.63) is 63.6 Å². The maximum atomic E-state index is 13.3. The average Bonchev–Trinajstić information content (AvgIpc) is 3.17. The van der Waals surface area contributed by atoms with Crippen LogP contribution in [0.5, 0.6) is 11.5 Å². The number of carbonyl (C=O) groups is 1. The van der Waals surface area contributed by atoms with E-state index in [1.54, 1.807) is 6.08 Å². The number of hydrogen-bond acceptors (Lipinski definition) is 7. The predicted molar refractivity (Wildman–Crippen MR) is 119 cm³/mol.